The van der Waals surface area contributed by atoms with Crippen LogP contribution in [0.4, 0.5) is 0 Å². The smallest absolute Gasteiger partial charge is 0.339 e. The van der Waals surface area contributed by atoms with Gasteiger partial charge in [0.05, 0.1) is 12.7 Å². The lowest BCUT2D eigenvalue weighted by atomic mass is 10.2. The van der Waals surface area contributed by atoms with Gasteiger partial charge < -0.3 is 14.8 Å². The Morgan fingerprint density at radius 3 is 2.80 bits per heavy atom. The van der Waals surface area contributed by atoms with E-state index < -0.39 is 0 Å². The molecule has 2 heterocycles. The molecule has 1 aliphatic rings. The number of esters is 1. The van der Waals surface area contributed by atoms with Crippen LogP contribution in [0, 0.1) is 0 Å². The minimum atomic E-state index is -0.389. The van der Waals surface area contributed by atoms with E-state index in [-0.39, 0.29) is 12.1 Å². The molecule has 15 heavy (non-hydrogen) atoms. The minimum absolute atomic E-state index is 0.196. The lowest BCUT2D eigenvalue weighted by molar-refractivity contribution is 0.0600. The highest BCUT2D eigenvalue weighted by Crippen LogP contribution is 2.11. The van der Waals surface area contributed by atoms with Gasteiger partial charge in [-0.3, -0.25) is 0 Å². The van der Waals surface area contributed by atoms with Crippen molar-refractivity contribution in [2.24, 2.45) is 0 Å². The lowest BCUT2D eigenvalue weighted by Gasteiger charge is -2.27. The molecule has 5 heteroatoms. The van der Waals surface area contributed by atoms with Crippen LogP contribution in [0.3, 0.4) is 0 Å². The van der Waals surface area contributed by atoms with Crippen molar-refractivity contribution in [1.29, 1.82) is 0 Å². The minimum Gasteiger partial charge on any atom is -0.472 e. The highest BCUT2D eigenvalue weighted by molar-refractivity contribution is 5.88. The molecule has 0 radical (unpaired) electrons. The van der Waals surface area contributed by atoms with Gasteiger partial charge in [0, 0.05) is 25.4 Å². The molecule has 80 valence electrons. The van der Waals surface area contributed by atoms with Crippen molar-refractivity contribution in [3.63, 3.8) is 0 Å². The van der Waals surface area contributed by atoms with E-state index in [9.17, 15) is 4.79 Å². The predicted octanol–water partition coefficient (Wildman–Crippen LogP) is 0.219. The number of pyridine rings is 1. The number of aromatic nitrogens is 1. The molecular formula is C10H12N2O3. The molecule has 1 N–H and O–H groups in total. The number of rotatable bonds is 3. The summed E-state index contributed by atoms with van der Waals surface area (Å²) in [5.41, 5.74) is 0.427. The number of hydrogen-bond donors (Lipinski definition) is 1. The number of ether oxygens (including phenoxy) is 2. The molecule has 0 aliphatic carbocycles. The van der Waals surface area contributed by atoms with E-state index in [4.69, 9.17) is 4.74 Å². The molecule has 0 aromatic carbocycles. The van der Waals surface area contributed by atoms with Gasteiger partial charge >= 0.3 is 5.97 Å². The normalized spacial score (nSPS) is 15.5. The van der Waals surface area contributed by atoms with Crippen molar-refractivity contribution in [3.8, 4) is 5.88 Å². The number of methoxy groups -OCH3 is 1. The molecular weight excluding hydrogens is 196 g/mol. The Labute approximate surface area is 87.4 Å². The molecule has 1 fully saturated rings. The summed E-state index contributed by atoms with van der Waals surface area (Å²) < 4.78 is 10.1. The van der Waals surface area contributed by atoms with Gasteiger partial charge in [0.1, 0.15) is 6.10 Å². The van der Waals surface area contributed by atoms with Gasteiger partial charge in [-0.15, -0.1) is 0 Å². The number of carbonyl (C=O) groups is 1. The maximum Gasteiger partial charge on any atom is 0.339 e. The second-order valence-corrected chi connectivity index (χ2v) is 3.27. The second kappa shape index (κ2) is 4.27. The fourth-order valence-electron chi connectivity index (χ4n) is 1.20. The Morgan fingerprint density at radius 2 is 2.33 bits per heavy atom. The number of hydrogen-bond acceptors (Lipinski definition) is 5. The van der Waals surface area contributed by atoms with Crippen LogP contribution in [-0.2, 0) is 4.74 Å². The molecule has 0 spiro atoms. The van der Waals surface area contributed by atoms with Gasteiger partial charge in [0.2, 0.25) is 5.88 Å². The SMILES string of the molecule is COC(=O)c1ccc(OC2CNC2)nc1. The molecule has 1 aliphatic heterocycles. The molecule has 0 saturated carbocycles. The summed E-state index contributed by atoms with van der Waals surface area (Å²) in [6.45, 7) is 1.70. The number of carbonyl (C=O) groups excluding carboxylic acids is 1. The zero-order valence-electron chi connectivity index (χ0n) is 8.40. The van der Waals surface area contributed by atoms with Crippen molar-refractivity contribution in [2.75, 3.05) is 20.2 Å². The first-order valence-electron chi connectivity index (χ1n) is 4.71. The van der Waals surface area contributed by atoms with E-state index in [1.807, 2.05) is 0 Å². The topological polar surface area (TPSA) is 60.5 Å². The fraction of sp³-hybridized carbons (Fsp3) is 0.400. The number of nitrogens with zero attached hydrogens (tertiary/aromatic N) is 1. The maximum atomic E-state index is 11.1. The highest BCUT2D eigenvalue weighted by Gasteiger charge is 2.18. The average Bonchev–Trinajstić information content (AvgIpc) is 2.23. The van der Waals surface area contributed by atoms with Crippen LogP contribution >= 0.6 is 0 Å². The van der Waals surface area contributed by atoms with Gasteiger partial charge in [-0.25, -0.2) is 9.78 Å². The van der Waals surface area contributed by atoms with Crippen LogP contribution in [0.5, 0.6) is 5.88 Å². The fourth-order valence-corrected chi connectivity index (χ4v) is 1.20. The third-order valence-electron chi connectivity index (χ3n) is 2.19. The van der Waals surface area contributed by atoms with Gasteiger partial charge in [-0.05, 0) is 6.07 Å². The Balaban J connectivity index is 1.99. The van der Waals surface area contributed by atoms with Crippen molar-refractivity contribution >= 4 is 5.97 Å². The quantitative estimate of drug-likeness (QED) is 0.720. The summed E-state index contributed by atoms with van der Waals surface area (Å²) in [6.07, 6.45) is 1.65. The lowest BCUT2D eigenvalue weighted by Crippen LogP contribution is -2.50. The molecule has 0 atom stereocenters. The molecule has 0 unspecified atom stereocenters. The third-order valence-corrected chi connectivity index (χ3v) is 2.19. The average molecular weight is 208 g/mol. The monoisotopic (exact) mass is 208 g/mol. The van der Waals surface area contributed by atoms with E-state index in [2.05, 4.69) is 15.0 Å². The third kappa shape index (κ3) is 2.24. The van der Waals surface area contributed by atoms with Crippen LogP contribution in [0.15, 0.2) is 18.3 Å². The van der Waals surface area contributed by atoms with Crippen molar-refractivity contribution in [1.82, 2.24) is 10.3 Å². The molecule has 0 amide bonds. The van der Waals surface area contributed by atoms with Crippen LogP contribution in [0.1, 0.15) is 10.4 Å². The molecule has 1 aromatic heterocycles. The van der Waals surface area contributed by atoms with Gasteiger partial charge in [0.25, 0.3) is 0 Å². The van der Waals surface area contributed by atoms with Crippen LogP contribution in [0.2, 0.25) is 0 Å². The van der Waals surface area contributed by atoms with Crippen LogP contribution < -0.4 is 10.1 Å². The van der Waals surface area contributed by atoms with E-state index in [1.54, 1.807) is 12.1 Å². The van der Waals surface area contributed by atoms with E-state index in [0.717, 1.165) is 13.1 Å². The zero-order chi connectivity index (χ0) is 10.7. The molecule has 2 rings (SSSR count). The van der Waals surface area contributed by atoms with Crippen molar-refractivity contribution in [2.45, 2.75) is 6.10 Å². The summed E-state index contributed by atoms with van der Waals surface area (Å²) in [5, 5.41) is 3.09. The largest absolute Gasteiger partial charge is 0.472 e. The molecule has 5 nitrogen and oxygen atoms in total. The first-order valence-corrected chi connectivity index (χ1v) is 4.71. The Morgan fingerprint density at radius 1 is 1.53 bits per heavy atom. The number of nitrogens with one attached hydrogen (secondary N) is 1. The van der Waals surface area contributed by atoms with E-state index >= 15 is 0 Å². The van der Waals surface area contributed by atoms with Crippen molar-refractivity contribution in [3.05, 3.63) is 23.9 Å². The van der Waals surface area contributed by atoms with E-state index in [0.29, 0.717) is 11.4 Å². The van der Waals surface area contributed by atoms with Gasteiger partial charge in [-0.2, -0.15) is 0 Å². The first-order chi connectivity index (χ1) is 7.29. The summed E-state index contributed by atoms with van der Waals surface area (Å²) in [4.78, 5) is 15.1. The van der Waals surface area contributed by atoms with Crippen LogP contribution in [-0.4, -0.2) is 37.3 Å². The second-order valence-electron chi connectivity index (χ2n) is 3.27. The summed E-state index contributed by atoms with van der Waals surface area (Å²) in [7, 11) is 1.34. The highest BCUT2D eigenvalue weighted by atomic mass is 16.5. The van der Waals surface area contributed by atoms with Gasteiger partial charge in [-0.1, -0.05) is 0 Å². The maximum absolute atomic E-state index is 11.1. The first kappa shape index (κ1) is 9.92. The van der Waals surface area contributed by atoms with Gasteiger partial charge in [0.15, 0.2) is 0 Å². The molecule has 1 aromatic rings. The molecule has 0 bridgehead atoms. The molecule has 1 saturated heterocycles. The van der Waals surface area contributed by atoms with E-state index in [1.165, 1.54) is 13.3 Å². The van der Waals surface area contributed by atoms with Crippen molar-refractivity contribution < 1.29 is 14.3 Å². The van der Waals surface area contributed by atoms with Crippen LogP contribution in [0.25, 0.3) is 0 Å². The summed E-state index contributed by atoms with van der Waals surface area (Å²) in [6, 6.07) is 3.31. The summed E-state index contributed by atoms with van der Waals surface area (Å²) in [5.74, 6) is 0.147. The Kier molecular flexibility index (Phi) is 2.82. The predicted molar refractivity (Wildman–Crippen MR) is 52.9 cm³/mol. The Bertz CT molecular complexity index is 346. The summed E-state index contributed by atoms with van der Waals surface area (Å²) >= 11 is 0. The standard InChI is InChI=1S/C10H12N2O3/c1-14-10(13)7-2-3-9(12-4-7)15-8-5-11-6-8/h2-4,8,11H,5-6H2,1H3. The zero-order valence-corrected chi connectivity index (χ0v) is 8.40. The Hall–Kier alpha value is -1.62.